The molecule has 182 valence electrons. The Hall–Kier alpha value is -3.42. The Morgan fingerprint density at radius 1 is 1.09 bits per heavy atom. The number of fused-ring (bicyclic) bond motifs is 1. The maximum absolute atomic E-state index is 14.5. The third-order valence-corrected chi connectivity index (χ3v) is 5.28. The van der Waals surface area contributed by atoms with Crippen molar-refractivity contribution in [2.75, 3.05) is 6.54 Å². The van der Waals surface area contributed by atoms with Crippen molar-refractivity contribution in [3.63, 3.8) is 0 Å². The summed E-state index contributed by atoms with van der Waals surface area (Å²) in [6, 6.07) is 9.92. The van der Waals surface area contributed by atoms with Gasteiger partial charge in [0.1, 0.15) is 22.9 Å². The van der Waals surface area contributed by atoms with Crippen molar-refractivity contribution < 1.29 is 23.1 Å². The largest absolute Gasteiger partial charge is 0.444 e. The Kier molecular flexibility index (Phi) is 7.91. The Bertz CT molecular complexity index is 1150. The number of halogens is 2. The van der Waals surface area contributed by atoms with E-state index in [-0.39, 0.29) is 23.8 Å². The number of hydrogen-bond acceptors (Lipinski definition) is 3. The molecule has 1 heterocycles. The zero-order valence-electron chi connectivity index (χ0n) is 19.9. The fourth-order valence-electron chi connectivity index (χ4n) is 3.72. The number of hydrogen-bond donors (Lipinski definition) is 3. The van der Waals surface area contributed by atoms with Crippen molar-refractivity contribution in [1.82, 2.24) is 15.6 Å². The highest BCUT2D eigenvalue weighted by atomic mass is 19.1. The lowest BCUT2D eigenvalue weighted by Crippen LogP contribution is -2.45. The molecule has 2 amide bonds. The minimum atomic E-state index is -0.638. The van der Waals surface area contributed by atoms with Crippen LogP contribution in [0.4, 0.5) is 13.6 Å². The number of carbonyl (C=O) groups is 2. The number of aromatic nitrogens is 1. The Morgan fingerprint density at radius 3 is 2.44 bits per heavy atom. The second-order valence-electron chi connectivity index (χ2n) is 9.24. The van der Waals surface area contributed by atoms with Gasteiger partial charge in [0, 0.05) is 23.5 Å². The number of ether oxygens (including phenoxy) is 1. The molecular formula is C26H31F2N3O3. The van der Waals surface area contributed by atoms with Crippen LogP contribution in [-0.4, -0.2) is 35.2 Å². The van der Waals surface area contributed by atoms with Crippen molar-refractivity contribution >= 4 is 22.9 Å². The average molecular weight is 472 g/mol. The first-order chi connectivity index (χ1) is 16.1. The molecule has 0 unspecified atom stereocenters. The standard InChI is InChI=1S/C26H31F2N3O3/c1-5-6-8-18(30-25(33)34-26(2,3)4)15-29-24(32)23-21(16-11-13-17(27)14-12-16)19-9-7-10-20(28)22(19)31-23/h7,9-14,18,31H,5-6,8,15H2,1-4H3,(H,29,32)(H,30,33)/t18-/m0/s1. The van der Waals surface area contributed by atoms with E-state index in [4.69, 9.17) is 4.74 Å². The smallest absolute Gasteiger partial charge is 0.407 e. The lowest BCUT2D eigenvalue weighted by Gasteiger charge is -2.24. The molecule has 0 aliphatic rings. The van der Waals surface area contributed by atoms with Gasteiger partial charge in [-0.25, -0.2) is 13.6 Å². The molecule has 2 aromatic carbocycles. The van der Waals surface area contributed by atoms with Crippen LogP contribution in [0.2, 0.25) is 0 Å². The highest BCUT2D eigenvalue weighted by Crippen LogP contribution is 2.33. The van der Waals surface area contributed by atoms with Crippen molar-refractivity contribution in [3.05, 3.63) is 59.8 Å². The molecule has 34 heavy (non-hydrogen) atoms. The summed E-state index contributed by atoms with van der Waals surface area (Å²) in [7, 11) is 0. The van der Waals surface area contributed by atoms with Crippen LogP contribution in [0.15, 0.2) is 42.5 Å². The van der Waals surface area contributed by atoms with E-state index in [1.54, 1.807) is 45.0 Å². The molecule has 6 nitrogen and oxygen atoms in total. The zero-order chi connectivity index (χ0) is 24.9. The minimum absolute atomic E-state index is 0.165. The summed E-state index contributed by atoms with van der Waals surface area (Å²) in [5, 5.41) is 6.18. The number of para-hydroxylation sites is 1. The number of rotatable bonds is 8. The molecule has 3 aromatic rings. The molecule has 0 fully saturated rings. The van der Waals surface area contributed by atoms with Crippen LogP contribution < -0.4 is 10.6 Å². The molecule has 0 aliphatic heterocycles. The number of benzene rings is 2. The third-order valence-electron chi connectivity index (χ3n) is 5.28. The summed E-state index contributed by atoms with van der Waals surface area (Å²) in [6.07, 6.45) is 1.88. The number of amides is 2. The molecular weight excluding hydrogens is 440 g/mol. The molecule has 3 rings (SSSR count). The number of unbranched alkanes of at least 4 members (excludes halogenated alkanes) is 1. The molecule has 0 saturated heterocycles. The maximum Gasteiger partial charge on any atom is 0.407 e. The van der Waals surface area contributed by atoms with E-state index in [2.05, 4.69) is 15.6 Å². The van der Waals surface area contributed by atoms with Gasteiger partial charge in [-0.3, -0.25) is 4.79 Å². The quantitative estimate of drug-likeness (QED) is 0.381. The molecule has 0 aliphatic carbocycles. The average Bonchev–Trinajstić information content (AvgIpc) is 3.16. The van der Waals surface area contributed by atoms with E-state index in [0.717, 1.165) is 12.8 Å². The van der Waals surface area contributed by atoms with E-state index < -0.39 is 29.2 Å². The van der Waals surface area contributed by atoms with Crippen molar-refractivity contribution in [3.8, 4) is 11.1 Å². The second-order valence-corrected chi connectivity index (χ2v) is 9.24. The summed E-state index contributed by atoms with van der Waals surface area (Å²) in [4.78, 5) is 28.3. The molecule has 0 saturated carbocycles. The minimum Gasteiger partial charge on any atom is -0.444 e. The predicted octanol–water partition coefficient (Wildman–Crippen LogP) is 5.93. The fourth-order valence-corrected chi connectivity index (χ4v) is 3.72. The van der Waals surface area contributed by atoms with E-state index in [1.165, 1.54) is 18.2 Å². The number of alkyl carbamates (subject to hydrolysis) is 1. The van der Waals surface area contributed by atoms with Crippen LogP contribution in [0.25, 0.3) is 22.0 Å². The van der Waals surface area contributed by atoms with Crippen molar-refractivity contribution in [2.24, 2.45) is 0 Å². The van der Waals surface area contributed by atoms with E-state index >= 15 is 0 Å². The summed E-state index contributed by atoms with van der Waals surface area (Å²) in [6.45, 7) is 7.54. The Morgan fingerprint density at radius 2 is 1.79 bits per heavy atom. The van der Waals surface area contributed by atoms with Crippen molar-refractivity contribution in [2.45, 2.75) is 58.6 Å². The third kappa shape index (κ3) is 6.34. The number of nitrogens with one attached hydrogen (secondary N) is 3. The first-order valence-corrected chi connectivity index (χ1v) is 11.4. The summed E-state index contributed by atoms with van der Waals surface area (Å²) in [5.74, 6) is -1.36. The maximum atomic E-state index is 14.5. The number of H-pyrrole nitrogens is 1. The molecule has 1 atom stereocenters. The first-order valence-electron chi connectivity index (χ1n) is 11.4. The van der Waals surface area contributed by atoms with E-state index in [0.29, 0.717) is 22.9 Å². The van der Waals surface area contributed by atoms with Gasteiger partial charge in [-0.1, -0.05) is 44.0 Å². The normalized spacial score (nSPS) is 12.4. The van der Waals surface area contributed by atoms with Crippen LogP contribution in [0.5, 0.6) is 0 Å². The van der Waals surface area contributed by atoms with Crippen LogP contribution in [0.1, 0.15) is 57.4 Å². The molecule has 3 N–H and O–H groups in total. The number of carbonyl (C=O) groups excluding carboxylic acids is 2. The van der Waals surface area contributed by atoms with Crippen molar-refractivity contribution in [1.29, 1.82) is 0 Å². The summed E-state index contributed by atoms with van der Waals surface area (Å²) in [5.41, 5.74) is 0.788. The monoisotopic (exact) mass is 471 g/mol. The lowest BCUT2D eigenvalue weighted by atomic mass is 10.0. The lowest BCUT2D eigenvalue weighted by molar-refractivity contribution is 0.0498. The van der Waals surface area contributed by atoms with Gasteiger partial charge in [-0.05, 0) is 51.0 Å². The highest BCUT2D eigenvalue weighted by Gasteiger charge is 2.23. The van der Waals surface area contributed by atoms with Gasteiger partial charge in [0.15, 0.2) is 0 Å². The van der Waals surface area contributed by atoms with Crippen LogP contribution in [-0.2, 0) is 4.74 Å². The van der Waals surface area contributed by atoms with Crippen LogP contribution in [0.3, 0.4) is 0 Å². The van der Waals surface area contributed by atoms with Gasteiger partial charge in [0.25, 0.3) is 5.91 Å². The molecule has 0 radical (unpaired) electrons. The predicted molar refractivity (Wildman–Crippen MR) is 129 cm³/mol. The molecule has 8 heteroatoms. The van der Waals surface area contributed by atoms with Gasteiger partial charge in [0.05, 0.1) is 5.52 Å². The zero-order valence-corrected chi connectivity index (χ0v) is 19.9. The first kappa shape index (κ1) is 25.2. The van der Waals surface area contributed by atoms with Gasteiger partial charge in [0.2, 0.25) is 0 Å². The van der Waals surface area contributed by atoms with E-state index in [9.17, 15) is 18.4 Å². The highest BCUT2D eigenvalue weighted by molar-refractivity contribution is 6.09. The molecule has 0 bridgehead atoms. The summed E-state index contributed by atoms with van der Waals surface area (Å²) < 4.78 is 33.3. The van der Waals surface area contributed by atoms with Crippen LogP contribution >= 0.6 is 0 Å². The Labute approximate surface area is 198 Å². The Balaban J connectivity index is 1.85. The topological polar surface area (TPSA) is 83.2 Å². The summed E-state index contributed by atoms with van der Waals surface area (Å²) >= 11 is 0. The second kappa shape index (κ2) is 10.7. The molecule has 1 aromatic heterocycles. The molecule has 0 spiro atoms. The van der Waals surface area contributed by atoms with E-state index in [1.807, 2.05) is 6.92 Å². The number of aromatic amines is 1. The van der Waals surface area contributed by atoms with Crippen LogP contribution in [0, 0.1) is 11.6 Å². The fraction of sp³-hybridized carbons (Fsp3) is 0.385. The van der Waals surface area contributed by atoms with Gasteiger partial charge in [-0.15, -0.1) is 0 Å². The SMILES string of the molecule is CCCC[C@@H](CNC(=O)c1[nH]c2c(F)cccc2c1-c1ccc(F)cc1)NC(=O)OC(C)(C)C. The van der Waals surface area contributed by atoms with Gasteiger partial charge < -0.3 is 20.4 Å². The van der Waals surface area contributed by atoms with Gasteiger partial charge in [-0.2, -0.15) is 0 Å². The van der Waals surface area contributed by atoms with Gasteiger partial charge >= 0.3 is 6.09 Å².